The molecule has 3 aromatic rings. The Morgan fingerprint density at radius 3 is 2.48 bits per heavy atom. The van der Waals surface area contributed by atoms with Gasteiger partial charge in [0.2, 0.25) is 5.95 Å². The lowest BCUT2D eigenvalue weighted by Gasteiger charge is -2.27. The van der Waals surface area contributed by atoms with Gasteiger partial charge in [0.25, 0.3) is 0 Å². The van der Waals surface area contributed by atoms with Gasteiger partial charge in [0, 0.05) is 25.0 Å². The highest BCUT2D eigenvalue weighted by Gasteiger charge is 2.16. The van der Waals surface area contributed by atoms with Crippen molar-refractivity contribution in [3.63, 3.8) is 0 Å². The lowest BCUT2D eigenvalue weighted by atomic mass is 10.1. The van der Waals surface area contributed by atoms with E-state index in [1.54, 1.807) is 12.1 Å². The van der Waals surface area contributed by atoms with Gasteiger partial charge in [-0.15, -0.1) is 0 Å². The number of aromatic nitrogens is 2. The maximum Gasteiger partial charge on any atom is 0.227 e. The number of hydrogen-bond acceptors (Lipinski definition) is 4. The van der Waals surface area contributed by atoms with Gasteiger partial charge in [-0.05, 0) is 49.1 Å². The van der Waals surface area contributed by atoms with Crippen LogP contribution in [0.4, 0.5) is 16.2 Å². The van der Waals surface area contributed by atoms with Gasteiger partial charge in [0.15, 0.2) is 0 Å². The van der Waals surface area contributed by atoms with Crippen molar-refractivity contribution in [1.29, 1.82) is 0 Å². The number of rotatable bonds is 4. The molecule has 0 amide bonds. The first-order valence-corrected chi connectivity index (χ1v) is 8.80. The molecule has 5 heteroatoms. The molecule has 2 heterocycles. The summed E-state index contributed by atoms with van der Waals surface area (Å²) in [5.74, 6) is 1.40. The topological polar surface area (TPSA) is 41.1 Å². The zero-order chi connectivity index (χ0) is 17.1. The molecule has 4 nitrogen and oxygen atoms in total. The van der Waals surface area contributed by atoms with E-state index in [1.807, 2.05) is 24.3 Å². The monoisotopic (exact) mass is 336 g/mol. The Hall–Kier alpha value is -2.69. The van der Waals surface area contributed by atoms with Crippen molar-refractivity contribution >= 4 is 22.7 Å². The van der Waals surface area contributed by atoms with Crippen LogP contribution in [0.25, 0.3) is 10.9 Å². The van der Waals surface area contributed by atoms with E-state index in [2.05, 4.69) is 10.2 Å². The first-order valence-electron chi connectivity index (χ1n) is 8.80. The summed E-state index contributed by atoms with van der Waals surface area (Å²) in [7, 11) is 0. The predicted molar refractivity (Wildman–Crippen MR) is 99.3 cm³/mol. The third-order valence-corrected chi connectivity index (χ3v) is 4.60. The smallest absolute Gasteiger partial charge is 0.227 e. The quantitative estimate of drug-likeness (QED) is 0.768. The lowest BCUT2D eigenvalue weighted by Crippen LogP contribution is -2.31. The van der Waals surface area contributed by atoms with Gasteiger partial charge in [0.1, 0.15) is 11.6 Å². The van der Waals surface area contributed by atoms with E-state index in [-0.39, 0.29) is 5.82 Å². The largest absolute Gasteiger partial charge is 0.365 e. The molecule has 0 spiro atoms. The molecular weight excluding hydrogens is 315 g/mol. The number of anilines is 2. The Morgan fingerprint density at radius 1 is 0.920 bits per heavy atom. The highest BCUT2D eigenvalue weighted by molar-refractivity contribution is 5.90. The SMILES string of the molecule is Fc1ccc(CNc2nc(N3CCCCC3)nc3ccccc23)cc1. The summed E-state index contributed by atoms with van der Waals surface area (Å²) < 4.78 is 13.1. The van der Waals surface area contributed by atoms with Crippen LogP contribution in [0.3, 0.4) is 0 Å². The van der Waals surface area contributed by atoms with Gasteiger partial charge in [-0.2, -0.15) is 4.98 Å². The Kier molecular flexibility index (Phi) is 4.46. The van der Waals surface area contributed by atoms with E-state index in [4.69, 9.17) is 9.97 Å². The summed E-state index contributed by atoms with van der Waals surface area (Å²) in [4.78, 5) is 11.8. The molecule has 0 atom stereocenters. The highest BCUT2D eigenvalue weighted by Crippen LogP contribution is 2.25. The number of halogens is 1. The van der Waals surface area contributed by atoms with Gasteiger partial charge in [-0.1, -0.05) is 24.3 Å². The molecule has 0 saturated carbocycles. The van der Waals surface area contributed by atoms with Crippen molar-refractivity contribution < 1.29 is 4.39 Å². The maximum atomic E-state index is 13.1. The number of fused-ring (bicyclic) bond motifs is 1. The third-order valence-electron chi connectivity index (χ3n) is 4.60. The normalized spacial score (nSPS) is 14.7. The maximum absolute atomic E-state index is 13.1. The van der Waals surface area contributed by atoms with Crippen LogP contribution < -0.4 is 10.2 Å². The van der Waals surface area contributed by atoms with E-state index < -0.39 is 0 Å². The van der Waals surface area contributed by atoms with Crippen molar-refractivity contribution in [2.75, 3.05) is 23.3 Å². The fourth-order valence-electron chi connectivity index (χ4n) is 3.22. The number of para-hydroxylation sites is 1. The minimum atomic E-state index is -0.219. The molecule has 1 aliphatic rings. The number of piperidine rings is 1. The van der Waals surface area contributed by atoms with Gasteiger partial charge >= 0.3 is 0 Å². The van der Waals surface area contributed by atoms with Crippen LogP contribution in [0.1, 0.15) is 24.8 Å². The molecule has 0 radical (unpaired) electrons. The summed E-state index contributed by atoms with van der Waals surface area (Å²) in [5.41, 5.74) is 1.96. The number of nitrogens with zero attached hydrogens (tertiary/aromatic N) is 3. The van der Waals surface area contributed by atoms with Gasteiger partial charge in [0.05, 0.1) is 5.52 Å². The highest BCUT2D eigenvalue weighted by atomic mass is 19.1. The lowest BCUT2D eigenvalue weighted by molar-refractivity contribution is 0.569. The first kappa shape index (κ1) is 15.8. The summed E-state index contributed by atoms with van der Waals surface area (Å²) in [6.07, 6.45) is 3.66. The van der Waals surface area contributed by atoms with E-state index in [1.165, 1.54) is 31.4 Å². The van der Waals surface area contributed by atoms with E-state index in [9.17, 15) is 4.39 Å². The summed E-state index contributed by atoms with van der Waals surface area (Å²) in [5, 5.41) is 4.41. The van der Waals surface area contributed by atoms with Crippen LogP contribution in [0.5, 0.6) is 0 Å². The van der Waals surface area contributed by atoms with Crippen LogP contribution in [-0.4, -0.2) is 23.1 Å². The molecule has 1 aromatic heterocycles. The Balaban J connectivity index is 1.64. The molecule has 1 saturated heterocycles. The molecule has 1 fully saturated rings. The summed E-state index contributed by atoms with van der Waals surface area (Å²) in [6.45, 7) is 2.62. The second kappa shape index (κ2) is 7.05. The molecule has 0 unspecified atom stereocenters. The second-order valence-electron chi connectivity index (χ2n) is 6.42. The van der Waals surface area contributed by atoms with Crippen molar-refractivity contribution in [3.8, 4) is 0 Å². The Morgan fingerprint density at radius 2 is 1.68 bits per heavy atom. The van der Waals surface area contributed by atoms with Crippen LogP contribution in [0.15, 0.2) is 48.5 Å². The molecule has 128 valence electrons. The van der Waals surface area contributed by atoms with E-state index in [0.717, 1.165) is 41.3 Å². The van der Waals surface area contributed by atoms with E-state index in [0.29, 0.717) is 6.54 Å². The predicted octanol–water partition coefficient (Wildman–Crippen LogP) is 4.37. The molecule has 0 aliphatic carbocycles. The zero-order valence-corrected chi connectivity index (χ0v) is 14.1. The molecule has 1 N–H and O–H groups in total. The number of benzene rings is 2. The fraction of sp³-hybridized carbons (Fsp3) is 0.300. The van der Waals surface area contributed by atoms with Crippen LogP contribution in [0.2, 0.25) is 0 Å². The fourth-order valence-corrected chi connectivity index (χ4v) is 3.22. The average molecular weight is 336 g/mol. The second-order valence-corrected chi connectivity index (χ2v) is 6.42. The van der Waals surface area contributed by atoms with Crippen LogP contribution in [-0.2, 0) is 6.54 Å². The molecular formula is C20H21FN4. The average Bonchev–Trinajstić information content (AvgIpc) is 2.68. The third kappa shape index (κ3) is 3.55. The minimum Gasteiger partial charge on any atom is -0.365 e. The van der Waals surface area contributed by atoms with Crippen LogP contribution in [0, 0.1) is 5.82 Å². The summed E-state index contributed by atoms with van der Waals surface area (Å²) >= 11 is 0. The first-order chi connectivity index (χ1) is 12.3. The van der Waals surface area contributed by atoms with Crippen LogP contribution >= 0.6 is 0 Å². The summed E-state index contributed by atoms with van der Waals surface area (Å²) in [6, 6.07) is 14.6. The van der Waals surface area contributed by atoms with Crippen molar-refractivity contribution in [1.82, 2.24) is 9.97 Å². The van der Waals surface area contributed by atoms with Crippen molar-refractivity contribution in [2.45, 2.75) is 25.8 Å². The van der Waals surface area contributed by atoms with Crippen molar-refractivity contribution in [2.24, 2.45) is 0 Å². The molecule has 1 aliphatic heterocycles. The Labute approximate surface area is 146 Å². The zero-order valence-electron chi connectivity index (χ0n) is 14.1. The van der Waals surface area contributed by atoms with Crippen molar-refractivity contribution in [3.05, 3.63) is 59.9 Å². The van der Waals surface area contributed by atoms with Gasteiger partial charge < -0.3 is 10.2 Å². The minimum absolute atomic E-state index is 0.219. The van der Waals surface area contributed by atoms with Gasteiger partial charge in [-0.3, -0.25) is 0 Å². The number of nitrogens with one attached hydrogen (secondary N) is 1. The molecule has 0 bridgehead atoms. The molecule has 2 aromatic carbocycles. The molecule has 25 heavy (non-hydrogen) atoms. The van der Waals surface area contributed by atoms with Gasteiger partial charge in [-0.25, -0.2) is 9.37 Å². The number of hydrogen-bond donors (Lipinski definition) is 1. The molecule has 4 rings (SSSR count). The standard InChI is InChI=1S/C20H21FN4/c21-16-10-8-15(9-11-16)14-22-19-17-6-2-3-7-18(17)23-20(24-19)25-12-4-1-5-13-25/h2-3,6-11H,1,4-5,12-14H2,(H,22,23,24). The van der Waals surface area contributed by atoms with E-state index >= 15 is 0 Å². The Bertz CT molecular complexity index is 857.